The number of rotatable bonds is 8. The van der Waals surface area contributed by atoms with Crippen molar-refractivity contribution in [2.75, 3.05) is 0 Å². The van der Waals surface area contributed by atoms with E-state index in [-0.39, 0.29) is 24.1 Å². The van der Waals surface area contributed by atoms with Crippen LogP contribution in [-0.4, -0.2) is 32.0 Å². The molecule has 2 aliphatic rings. The number of amides is 1. The van der Waals surface area contributed by atoms with Crippen molar-refractivity contribution in [3.8, 4) is 0 Å². The molecule has 1 fully saturated rings. The van der Waals surface area contributed by atoms with Crippen LogP contribution in [-0.2, 0) is 23.3 Å². The first kappa shape index (κ1) is 30.2. The zero-order valence-electron chi connectivity index (χ0n) is 25.5. The molecule has 0 bridgehead atoms. The van der Waals surface area contributed by atoms with E-state index in [1.54, 1.807) is 0 Å². The van der Waals surface area contributed by atoms with E-state index >= 15 is 0 Å². The molecule has 0 spiro atoms. The zero-order valence-corrected chi connectivity index (χ0v) is 27.1. The average molecular weight is 653 g/mol. The zero-order chi connectivity index (χ0) is 31.0. The number of halogens is 1. The number of allylic oxidation sites excluding steroid dienone is 5. The van der Waals surface area contributed by atoms with Gasteiger partial charge >= 0.3 is 0 Å². The number of nitrogens with two attached hydrogens (primary N) is 1. The predicted molar refractivity (Wildman–Crippen MR) is 180 cm³/mol. The van der Waals surface area contributed by atoms with Crippen LogP contribution in [0.4, 0.5) is 0 Å². The van der Waals surface area contributed by atoms with Crippen LogP contribution in [0, 0.1) is 0 Å². The summed E-state index contributed by atoms with van der Waals surface area (Å²) in [5, 5.41) is 9.01. The number of aromatic nitrogens is 3. The van der Waals surface area contributed by atoms with Gasteiger partial charge in [0.25, 0.3) is 5.56 Å². The van der Waals surface area contributed by atoms with E-state index in [1.165, 1.54) is 16.7 Å². The van der Waals surface area contributed by atoms with Gasteiger partial charge in [-0.1, -0.05) is 51.9 Å². The molecule has 1 amide bonds. The molecule has 0 saturated heterocycles. The molecule has 0 radical (unpaired) electrons. The Morgan fingerprint density at radius 2 is 1.93 bits per heavy atom. The normalized spacial score (nSPS) is 17.8. The Bertz CT molecular complexity index is 1910. The Labute approximate surface area is 266 Å². The lowest BCUT2D eigenvalue weighted by atomic mass is 9.85. The van der Waals surface area contributed by atoms with Crippen LogP contribution in [0.2, 0.25) is 0 Å². The summed E-state index contributed by atoms with van der Waals surface area (Å²) in [5.41, 5.74) is 12.1. The topological polar surface area (TPSA) is 105 Å². The van der Waals surface area contributed by atoms with Crippen LogP contribution in [0.15, 0.2) is 92.7 Å². The number of hydrogen-bond acceptors (Lipinski definition) is 5. The van der Waals surface area contributed by atoms with E-state index in [0.29, 0.717) is 23.0 Å². The summed E-state index contributed by atoms with van der Waals surface area (Å²) in [6.45, 7) is 6.98. The van der Waals surface area contributed by atoms with E-state index in [1.807, 2.05) is 42.5 Å². The van der Waals surface area contributed by atoms with Gasteiger partial charge in [-0.2, -0.15) is 5.10 Å². The van der Waals surface area contributed by atoms with Crippen LogP contribution < -0.4 is 11.3 Å². The number of carbonyl (C=O) groups excluding carboxylic acids is 1. The number of fused-ring (bicyclic) bond motifs is 2. The first-order valence-corrected chi connectivity index (χ1v) is 16.1. The molecule has 1 unspecified atom stereocenters. The fraction of sp³-hybridized carbons (Fsp3) is 0.333. The van der Waals surface area contributed by atoms with Crippen LogP contribution in [0.5, 0.6) is 0 Å². The van der Waals surface area contributed by atoms with E-state index < -0.39 is 5.41 Å². The first-order chi connectivity index (χ1) is 21.2. The third-order valence-electron chi connectivity index (χ3n) is 9.14. The molecule has 1 atom stereocenters. The maximum Gasteiger partial charge on any atom is 0.272 e. The molecular weight excluding hydrogens is 614 g/mol. The van der Waals surface area contributed by atoms with Gasteiger partial charge < -0.3 is 10.6 Å². The lowest BCUT2D eigenvalue weighted by Gasteiger charge is -2.38. The average Bonchev–Trinajstić information content (AvgIpc) is 3.83. The van der Waals surface area contributed by atoms with Crippen molar-refractivity contribution in [3.63, 3.8) is 0 Å². The maximum atomic E-state index is 14.9. The molecule has 1 saturated carbocycles. The molecule has 8 heteroatoms. The van der Waals surface area contributed by atoms with Gasteiger partial charge in [0.1, 0.15) is 0 Å². The van der Waals surface area contributed by atoms with Crippen LogP contribution in [0.3, 0.4) is 0 Å². The maximum absolute atomic E-state index is 14.9. The summed E-state index contributed by atoms with van der Waals surface area (Å²) in [7, 11) is 0. The van der Waals surface area contributed by atoms with E-state index in [2.05, 4.69) is 76.1 Å². The molecule has 44 heavy (non-hydrogen) atoms. The Morgan fingerprint density at radius 3 is 2.68 bits per heavy atom. The van der Waals surface area contributed by atoms with Gasteiger partial charge in [-0.15, -0.1) is 0 Å². The number of pyridine rings is 1. The summed E-state index contributed by atoms with van der Waals surface area (Å²) >= 11 is 3.64. The highest BCUT2D eigenvalue weighted by Crippen LogP contribution is 2.51. The van der Waals surface area contributed by atoms with E-state index in [4.69, 9.17) is 10.7 Å². The van der Waals surface area contributed by atoms with Gasteiger partial charge in [-0.25, -0.2) is 5.10 Å². The van der Waals surface area contributed by atoms with Gasteiger partial charge in [0.15, 0.2) is 0 Å². The number of nitrogens with one attached hydrogen (secondary N) is 1. The highest BCUT2D eigenvalue weighted by molar-refractivity contribution is 9.10. The second kappa shape index (κ2) is 12.3. The quantitative estimate of drug-likeness (QED) is 0.197. The van der Waals surface area contributed by atoms with Crippen molar-refractivity contribution in [3.05, 3.63) is 115 Å². The highest BCUT2D eigenvalue weighted by Gasteiger charge is 2.54. The largest absolute Gasteiger partial charge is 0.329 e. The Kier molecular flexibility index (Phi) is 8.40. The number of nitrogens with zero attached hydrogens (tertiary/aromatic N) is 3. The summed E-state index contributed by atoms with van der Waals surface area (Å²) in [5.74, 6) is 0.110. The van der Waals surface area contributed by atoms with Crippen molar-refractivity contribution in [2.24, 2.45) is 5.73 Å². The molecule has 226 valence electrons. The van der Waals surface area contributed by atoms with Gasteiger partial charge in [-0.05, 0) is 106 Å². The molecule has 4 aromatic rings. The van der Waals surface area contributed by atoms with Gasteiger partial charge in [-0.3, -0.25) is 14.6 Å². The standard InChI is InChI=1S/C36H38BrN5O2/c1-22(2)7-4-8-24-9-5-12-33(23(24)3)42(21-26-14-16-28-30(37)10-6-11-31(28)39-26)35(44)36(17-18-36)25-13-15-27-29(19-25)32(20-38)40-41-34(27)43/h4,6-8,10-11,13-16,19,33H,5,9,12,17-18,20-21,38H2,1-3H3,(H,41,43)/b8-4-. The highest BCUT2D eigenvalue weighted by atomic mass is 79.9. The van der Waals surface area contributed by atoms with Gasteiger partial charge in [0.05, 0.1) is 40.3 Å². The SMILES string of the molecule is CC(C)=C/C=C\C1=C(C)C(N(Cc2ccc3c(Br)cccc3n2)C(=O)C2(c3ccc4c(=O)[nH]nc(CN)c4c3)CC2)CCC1. The molecule has 2 aromatic carbocycles. The lowest BCUT2D eigenvalue weighted by Crippen LogP contribution is -2.47. The predicted octanol–water partition coefficient (Wildman–Crippen LogP) is 7.14. The van der Waals surface area contributed by atoms with Crippen LogP contribution >= 0.6 is 15.9 Å². The summed E-state index contributed by atoms with van der Waals surface area (Å²) in [6, 6.07) is 15.8. The molecule has 6 rings (SSSR count). The van der Waals surface area contributed by atoms with Gasteiger partial charge in [0.2, 0.25) is 5.91 Å². The van der Waals surface area contributed by atoms with Crippen molar-refractivity contribution in [2.45, 2.75) is 77.4 Å². The van der Waals surface area contributed by atoms with E-state index in [0.717, 1.165) is 58.7 Å². The summed E-state index contributed by atoms with van der Waals surface area (Å²) in [4.78, 5) is 34.5. The second-order valence-corrected chi connectivity index (χ2v) is 13.2. The minimum atomic E-state index is -0.654. The number of hydrogen-bond donors (Lipinski definition) is 2. The molecule has 2 heterocycles. The molecule has 0 aliphatic heterocycles. The lowest BCUT2D eigenvalue weighted by molar-refractivity contribution is -0.136. The van der Waals surface area contributed by atoms with Crippen molar-refractivity contribution < 1.29 is 4.79 Å². The second-order valence-electron chi connectivity index (χ2n) is 12.3. The number of benzene rings is 2. The summed E-state index contributed by atoms with van der Waals surface area (Å²) < 4.78 is 0.999. The van der Waals surface area contributed by atoms with Crippen LogP contribution in [0.1, 0.15) is 69.8 Å². The Morgan fingerprint density at radius 1 is 1.14 bits per heavy atom. The van der Waals surface area contributed by atoms with Crippen molar-refractivity contribution in [1.29, 1.82) is 0 Å². The van der Waals surface area contributed by atoms with E-state index in [9.17, 15) is 9.59 Å². The molecule has 7 nitrogen and oxygen atoms in total. The molecule has 2 aliphatic carbocycles. The number of aromatic amines is 1. The Hall–Kier alpha value is -3.88. The fourth-order valence-corrected chi connectivity index (χ4v) is 7.01. The smallest absolute Gasteiger partial charge is 0.272 e. The van der Waals surface area contributed by atoms with Gasteiger partial charge in [0, 0.05) is 21.8 Å². The third-order valence-corrected chi connectivity index (χ3v) is 9.83. The number of H-pyrrole nitrogens is 1. The molecular formula is C36H38BrN5O2. The van der Waals surface area contributed by atoms with Crippen LogP contribution in [0.25, 0.3) is 21.7 Å². The minimum absolute atomic E-state index is 0.0374. The Balaban J connectivity index is 1.43. The third kappa shape index (κ3) is 5.69. The monoisotopic (exact) mass is 651 g/mol. The molecule has 3 N–H and O–H groups in total. The fourth-order valence-electron chi connectivity index (χ4n) is 6.52. The molecule has 2 aromatic heterocycles. The first-order valence-electron chi connectivity index (χ1n) is 15.3. The van der Waals surface area contributed by atoms with Crippen molar-refractivity contribution in [1.82, 2.24) is 20.1 Å². The number of carbonyl (C=O) groups is 1. The minimum Gasteiger partial charge on any atom is -0.329 e. The van der Waals surface area contributed by atoms with Crippen molar-refractivity contribution >= 4 is 43.5 Å². The summed E-state index contributed by atoms with van der Waals surface area (Å²) in [6.07, 6.45) is 10.9.